The summed E-state index contributed by atoms with van der Waals surface area (Å²) in [6.07, 6.45) is 4.04. The van der Waals surface area contributed by atoms with Crippen LogP contribution in [-0.2, 0) is 14.8 Å². The first-order chi connectivity index (χ1) is 10.8. The number of anilines is 1. The zero-order valence-electron chi connectivity index (χ0n) is 13.3. The molecule has 0 saturated heterocycles. The number of amides is 1. The molecule has 23 heavy (non-hydrogen) atoms. The van der Waals surface area contributed by atoms with Gasteiger partial charge in [-0.25, -0.2) is 12.8 Å². The zero-order chi connectivity index (χ0) is 17.5. The van der Waals surface area contributed by atoms with Gasteiger partial charge in [0.25, 0.3) is 0 Å². The third-order valence-corrected chi connectivity index (χ3v) is 4.72. The molecule has 0 unspecified atom stereocenters. The largest absolute Gasteiger partial charge is 0.356 e. The predicted molar refractivity (Wildman–Crippen MR) is 90.8 cm³/mol. The van der Waals surface area contributed by atoms with Crippen molar-refractivity contribution in [2.45, 2.75) is 32.6 Å². The van der Waals surface area contributed by atoms with E-state index in [1.165, 1.54) is 12.1 Å². The predicted octanol–water partition coefficient (Wildman–Crippen LogP) is 2.94. The first-order valence-corrected chi connectivity index (χ1v) is 9.67. The maximum atomic E-state index is 13.2. The van der Waals surface area contributed by atoms with Crippen LogP contribution in [0.1, 0.15) is 32.6 Å². The molecule has 1 N–H and O–H groups in total. The normalized spacial score (nSPS) is 11.3. The van der Waals surface area contributed by atoms with Crippen molar-refractivity contribution in [1.82, 2.24) is 5.32 Å². The molecule has 0 fully saturated rings. The van der Waals surface area contributed by atoms with Gasteiger partial charge in [0.05, 0.1) is 17.0 Å². The molecule has 130 valence electrons. The second-order valence-electron chi connectivity index (χ2n) is 5.24. The van der Waals surface area contributed by atoms with Crippen LogP contribution in [-0.4, -0.2) is 33.7 Å². The third-order valence-electron chi connectivity index (χ3n) is 3.24. The molecule has 0 radical (unpaired) electrons. The highest BCUT2D eigenvalue weighted by Crippen LogP contribution is 2.24. The summed E-state index contributed by atoms with van der Waals surface area (Å²) in [7, 11) is -3.60. The highest BCUT2D eigenvalue weighted by Gasteiger charge is 2.19. The number of carbonyl (C=O) groups excluding carboxylic acids is 1. The van der Waals surface area contributed by atoms with E-state index >= 15 is 0 Å². The lowest BCUT2D eigenvalue weighted by Crippen LogP contribution is -2.35. The molecule has 0 saturated carbocycles. The molecule has 0 spiro atoms. The Morgan fingerprint density at radius 1 is 1.35 bits per heavy atom. The van der Waals surface area contributed by atoms with Crippen molar-refractivity contribution in [3.05, 3.63) is 29.0 Å². The van der Waals surface area contributed by atoms with Crippen molar-refractivity contribution in [3.63, 3.8) is 0 Å². The lowest BCUT2D eigenvalue weighted by atomic mass is 10.2. The van der Waals surface area contributed by atoms with E-state index in [-0.39, 0.29) is 29.6 Å². The number of benzene rings is 1. The smallest absolute Gasteiger partial charge is 0.232 e. The molecule has 0 atom stereocenters. The molecule has 0 aliphatic heterocycles. The van der Waals surface area contributed by atoms with Crippen LogP contribution in [0.2, 0.25) is 5.02 Å². The summed E-state index contributed by atoms with van der Waals surface area (Å²) in [4.78, 5) is 11.8. The zero-order valence-corrected chi connectivity index (χ0v) is 14.9. The number of hydrogen-bond donors (Lipinski definition) is 1. The van der Waals surface area contributed by atoms with E-state index in [4.69, 9.17) is 11.6 Å². The van der Waals surface area contributed by atoms with Crippen LogP contribution in [0, 0.1) is 5.82 Å². The lowest BCUT2D eigenvalue weighted by molar-refractivity contribution is -0.120. The summed E-state index contributed by atoms with van der Waals surface area (Å²) < 4.78 is 38.1. The summed E-state index contributed by atoms with van der Waals surface area (Å²) in [6.45, 7) is 2.62. The van der Waals surface area contributed by atoms with Crippen LogP contribution >= 0.6 is 11.6 Å². The monoisotopic (exact) mass is 364 g/mol. The van der Waals surface area contributed by atoms with Gasteiger partial charge in [0.1, 0.15) is 5.82 Å². The fourth-order valence-corrected chi connectivity index (χ4v) is 3.12. The maximum absolute atomic E-state index is 13.2. The average molecular weight is 365 g/mol. The maximum Gasteiger partial charge on any atom is 0.232 e. The quantitative estimate of drug-likeness (QED) is 0.685. The van der Waals surface area contributed by atoms with E-state index in [1.54, 1.807) is 0 Å². The van der Waals surface area contributed by atoms with E-state index in [2.05, 4.69) is 12.2 Å². The second-order valence-corrected chi connectivity index (χ2v) is 7.55. The molecular weight excluding hydrogens is 343 g/mol. The summed E-state index contributed by atoms with van der Waals surface area (Å²) in [5, 5.41) is 2.58. The minimum absolute atomic E-state index is 0.0220. The van der Waals surface area contributed by atoms with Crippen LogP contribution in [0.4, 0.5) is 10.1 Å². The van der Waals surface area contributed by atoms with Gasteiger partial charge in [0.2, 0.25) is 15.9 Å². The van der Waals surface area contributed by atoms with Gasteiger partial charge < -0.3 is 5.32 Å². The number of sulfonamides is 1. The number of hydrogen-bond acceptors (Lipinski definition) is 3. The van der Waals surface area contributed by atoms with Crippen molar-refractivity contribution < 1.29 is 17.6 Å². The topological polar surface area (TPSA) is 66.5 Å². The average Bonchev–Trinajstić information content (AvgIpc) is 2.46. The van der Waals surface area contributed by atoms with Gasteiger partial charge in [-0.3, -0.25) is 9.10 Å². The first kappa shape index (κ1) is 19.7. The Labute approximate surface area is 141 Å². The van der Waals surface area contributed by atoms with Gasteiger partial charge in [-0.1, -0.05) is 31.4 Å². The van der Waals surface area contributed by atoms with Crippen molar-refractivity contribution in [2.24, 2.45) is 0 Å². The van der Waals surface area contributed by atoms with Crippen LogP contribution in [0.15, 0.2) is 18.2 Å². The molecule has 5 nitrogen and oxygen atoms in total. The van der Waals surface area contributed by atoms with Crippen LogP contribution in [0.3, 0.4) is 0 Å². The van der Waals surface area contributed by atoms with Gasteiger partial charge in [-0.05, 0) is 24.6 Å². The molecular formula is C15H22ClFN2O3S. The Hall–Kier alpha value is -1.34. The third kappa shape index (κ3) is 6.74. The number of rotatable bonds is 9. The van der Waals surface area contributed by atoms with Gasteiger partial charge >= 0.3 is 0 Å². The Morgan fingerprint density at radius 3 is 2.61 bits per heavy atom. The van der Waals surface area contributed by atoms with E-state index < -0.39 is 15.8 Å². The Bertz CT molecular complexity index is 638. The fraction of sp³-hybridized carbons (Fsp3) is 0.533. The van der Waals surface area contributed by atoms with Gasteiger partial charge in [0, 0.05) is 19.5 Å². The highest BCUT2D eigenvalue weighted by molar-refractivity contribution is 7.92. The van der Waals surface area contributed by atoms with Crippen molar-refractivity contribution in [3.8, 4) is 0 Å². The van der Waals surface area contributed by atoms with Gasteiger partial charge in [-0.15, -0.1) is 0 Å². The molecule has 1 rings (SSSR count). The number of nitrogens with zero attached hydrogens (tertiary/aromatic N) is 1. The molecule has 0 heterocycles. The molecule has 1 aromatic rings. The fourth-order valence-electron chi connectivity index (χ4n) is 2.02. The minimum Gasteiger partial charge on any atom is -0.356 e. The SMILES string of the molecule is CCCCCNC(=O)CCN(c1ccc(F)c(Cl)c1)S(C)(=O)=O. The Morgan fingerprint density at radius 2 is 2.04 bits per heavy atom. The number of nitrogens with one attached hydrogen (secondary N) is 1. The van der Waals surface area contributed by atoms with Crippen LogP contribution < -0.4 is 9.62 Å². The van der Waals surface area contributed by atoms with Crippen LogP contribution in [0.25, 0.3) is 0 Å². The first-order valence-electron chi connectivity index (χ1n) is 7.45. The lowest BCUT2D eigenvalue weighted by Gasteiger charge is -2.22. The number of unbranched alkanes of at least 4 members (excludes halogenated alkanes) is 2. The van der Waals surface area contributed by atoms with E-state index in [0.29, 0.717) is 6.54 Å². The Balaban J connectivity index is 2.70. The highest BCUT2D eigenvalue weighted by atomic mass is 35.5. The standard InChI is InChI=1S/C15H22ClFN2O3S/c1-3-4-5-9-18-15(20)8-10-19(23(2,21)22)12-6-7-14(17)13(16)11-12/h6-7,11H,3-5,8-10H2,1-2H3,(H,18,20). The number of carbonyl (C=O) groups is 1. The Kier molecular flexibility index (Phi) is 7.78. The van der Waals surface area contributed by atoms with E-state index in [0.717, 1.165) is 35.9 Å². The summed E-state index contributed by atoms with van der Waals surface area (Å²) in [5.41, 5.74) is 0.234. The molecule has 0 aliphatic rings. The molecule has 8 heteroatoms. The molecule has 1 aromatic carbocycles. The number of halogens is 2. The van der Waals surface area contributed by atoms with E-state index in [9.17, 15) is 17.6 Å². The molecule has 1 amide bonds. The summed E-state index contributed by atoms with van der Waals surface area (Å²) >= 11 is 5.69. The van der Waals surface area contributed by atoms with E-state index in [1.807, 2.05) is 0 Å². The van der Waals surface area contributed by atoms with Crippen LogP contribution in [0.5, 0.6) is 0 Å². The molecule has 0 aliphatic carbocycles. The van der Waals surface area contributed by atoms with Crippen molar-refractivity contribution in [1.29, 1.82) is 0 Å². The minimum atomic E-state index is -3.60. The molecule has 0 aromatic heterocycles. The summed E-state index contributed by atoms with van der Waals surface area (Å²) in [5.74, 6) is -0.847. The van der Waals surface area contributed by atoms with Crippen molar-refractivity contribution >= 4 is 33.2 Å². The second kappa shape index (κ2) is 9.08. The molecule has 0 bridgehead atoms. The van der Waals surface area contributed by atoms with Gasteiger partial charge in [0.15, 0.2) is 0 Å². The van der Waals surface area contributed by atoms with Crippen molar-refractivity contribution in [2.75, 3.05) is 23.7 Å². The summed E-state index contributed by atoms with van der Waals surface area (Å²) in [6, 6.07) is 3.65. The van der Waals surface area contributed by atoms with Gasteiger partial charge in [-0.2, -0.15) is 0 Å².